The van der Waals surface area contributed by atoms with Gasteiger partial charge in [0.05, 0.1) is 28.5 Å². The van der Waals surface area contributed by atoms with Crippen molar-refractivity contribution in [3.05, 3.63) is 205 Å². The average Bonchev–Trinajstić information content (AvgIpc) is 3.97. The van der Waals surface area contributed by atoms with E-state index in [2.05, 4.69) is 204 Å². The van der Waals surface area contributed by atoms with Crippen molar-refractivity contribution in [2.24, 2.45) is 0 Å². The molecule has 1 aliphatic heterocycles. The predicted octanol–water partition coefficient (Wildman–Crippen LogP) is 14.0. The molecule has 11 aromatic rings. The van der Waals surface area contributed by atoms with Gasteiger partial charge in [0.2, 0.25) is 5.95 Å². The van der Waals surface area contributed by atoms with Crippen LogP contribution in [0.3, 0.4) is 0 Å². The van der Waals surface area contributed by atoms with Gasteiger partial charge in [-0.25, -0.2) is 9.97 Å². The molecule has 5 nitrogen and oxygen atoms in total. The normalized spacial score (nSPS) is 15.7. The van der Waals surface area contributed by atoms with E-state index >= 15 is 0 Å². The largest absolute Gasteiger partial charge is 0.456 e. The number of rotatable bonds is 4. The Labute approximate surface area is 339 Å². The Morgan fingerprint density at radius 3 is 2.14 bits per heavy atom. The minimum atomic E-state index is -0.140. The molecule has 2 atom stereocenters. The van der Waals surface area contributed by atoms with E-state index in [4.69, 9.17) is 14.4 Å². The van der Waals surface area contributed by atoms with Crippen LogP contribution in [0.15, 0.2) is 192 Å². The summed E-state index contributed by atoms with van der Waals surface area (Å²) in [4.78, 5) is 13.6. The second kappa shape index (κ2) is 12.4. The quantitative estimate of drug-likeness (QED) is 0.168. The summed E-state index contributed by atoms with van der Waals surface area (Å²) < 4.78 is 9.19. The predicted molar refractivity (Wildman–Crippen MR) is 242 cm³/mol. The van der Waals surface area contributed by atoms with Crippen LogP contribution in [0, 0.1) is 0 Å². The number of benzene rings is 8. The van der Waals surface area contributed by atoms with Gasteiger partial charge < -0.3 is 9.32 Å². The van der Waals surface area contributed by atoms with Crippen LogP contribution in [0.4, 0.5) is 11.4 Å². The van der Waals surface area contributed by atoms with Crippen LogP contribution in [0.5, 0.6) is 0 Å². The number of hydrogen-bond acceptors (Lipinski definition) is 4. The minimum Gasteiger partial charge on any atom is -0.456 e. The Bertz CT molecular complexity index is 3530. The molecule has 3 aromatic heterocycles. The molecule has 4 heterocycles. The molecule has 1 aliphatic carbocycles. The SMILES string of the molecule is C1=CC2c3c(ccc4c3oc3ccccc34)N(c3cccc(-c4ccccc4)c3)C2c2c1c1ccccc1n2-c1nc(-c2ccccc2)c2c(ccc3ccccc32)n1. The zero-order chi connectivity index (χ0) is 38.6. The van der Waals surface area contributed by atoms with Crippen LogP contribution >= 0.6 is 0 Å². The summed E-state index contributed by atoms with van der Waals surface area (Å²) in [5.74, 6) is 0.629. The first kappa shape index (κ1) is 32.3. The maximum atomic E-state index is 6.84. The van der Waals surface area contributed by atoms with Crippen LogP contribution in [0.25, 0.3) is 88.9 Å². The molecule has 5 heteroatoms. The highest BCUT2D eigenvalue weighted by molar-refractivity contribution is 6.13. The van der Waals surface area contributed by atoms with Gasteiger partial charge in [0.1, 0.15) is 11.2 Å². The zero-order valence-corrected chi connectivity index (χ0v) is 31.8. The second-order valence-corrected chi connectivity index (χ2v) is 15.7. The summed E-state index contributed by atoms with van der Waals surface area (Å²) in [6.07, 6.45) is 4.73. The lowest BCUT2D eigenvalue weighted by Gasteiger charge is -2.33. The minimum absolute atomic E-state index is 0.0248. The Morgan fingerprint density at radius 1 is 0.542 bits per heavy atom. The molecule has 2 unspecified atom stereocenters. The first-order valence-electron chi connectivity index (χ1n) is 20.2. The topological polar surface area (TPSA) is 47.1 Å². The average molecular weight is 755 g/mol. The van der Waals surface area contributed by atoms with Gasteiger partial charge in [-0.15, -0.1) is 0 Å². The van der Waals surface area contributed by atoms with Crippen LogP contribution in [-0.4, -0.2) is 14.5 Å². The molecule has 0 amide bonds. The smallest absolute Gasteiger partial charge is 0.235 e. The van der Waals surface area contributed by atoms with Crippen LogP contribution in [0.1, 0.15) is 28.8 Å². The number of furan rings is 1. The van der Waals surface area contributed by atoms with Gasteiger partial charge in [-0.1, -0.05) is 152 Å². The molecule has 8 aromatic carbocycles. The van der Waals surface area contributed by atoms with Crippen molar-refractivity contribution >= 4 is 72.0 Å². The van der Waals surface area contributed by atoms with Crippen LogP contribution in [0.2, 0.25) is 0 Å². The molecule has 0 saturated carbocycles. The van der Waals surface area contributed by atoms with Gasteiger partial charge in [0.25, 0.3) is 0 Å². The Hall–Kier alpha value is -7.76. The molecular formula is C54H34N4O. The first-order chi connectivity index (χ1) is 29.3. The standard InChI is InChI=1S/C54H34N4O/c1-3-14-33(15-4-1)36-19-13-20-37(32-36)57-46-31-29-42-40-23-10-12-25-47(40)59-53(42)49(46)43-28-27-41-39-22-9-11-24-45(39)58(51(41)52(43)57)54-55-44-30-26-34-16-7-8-21-38(34)48(44)50(56-54)35-17-5-2-6-18-35/h1-32,43,52H. The molecule has 0 radical (unpaired) electrons. The highest BCUT2D eigenvalue weighted by atomic mass is 16.3. The second-order valence-electron chi connectivity index (χ2n) is 15.7. The number of aromatic nitrogens is 3. The van der Waals surface area contributed by atoms with E-state index in [0.29, 0.717) is 5.95 Å². The van der Waals surface area contributed by atoms with Gasteiger partial charge in [0.15, 0.2) is 0 Å². The molecule has 276 valence electrons. The lowest BCUT2D eigenvalue weighted by atomic mass is 9.85. The fourth-order valence-electron chi connectivity index (χ4n) is 10.0. The number of fused-ring (bicyclic) bond motifs is 14. The number of nitrogens with zero attached hydrogens (tertiary/aromatic N) is 4. The van der Waals surface area contributed by atoms with Gasteiger partial charge in [-0.05, 0) is 64.4 Å². The Morgan fingerprint density at radius 2 is 1.27 bits per heavy atom. The molecule has 2 aliphatic rings. The summed E-state index contributed by atoms with van der Waals surface area (Å²) in [6.45, 7) is 0. The number of anilines is 2. The van der Waals surface area contributed by atoms with Gasteiger partial charge >= 0.3 is 0 Å². The third-order valence-corrected chi connectivity index (χ3v) is 12.5. The Balaban J connectivity index is 1.12. The van der Waals surface area contributed by atoms with E-state index in [-0.39, 0.29) is 12.0 Å². The fourth-order valence-corrected chi connectivity index (χ4v) is 10.0. The third-order valence-electron chi connectivity index (χ3n) is 12.5. The van der Waals surface area contributed by atoms with Crippen molar-refractivity contribution < 1.29 is 4.42 Å². The lowest BCUT2D eigenvalue weighted by Crippen LogP contribution is -2.26. The highest BCUT2D eigenvalue weighted by Gasteiger charge is 2.46. The van der Waals surface area contributed by atoms with Crippen molar-refractivity contribution in [3.63, 3.8) is 0 Å². The fraction of sp³-hybridized carbons (Fsp3) is 0.0370. The lowest BCUT2D eigenvalue weighted by molar-refractivity contribution is 0.619. The summed E-state index contributed by atoms with van der Waals surface area (Å²) in [7, 11) is 0. The molecule has 0 bridgehead atoms. The summed E-state index contributed by atoms with van der Waals surface area (Å²) in [5, 5.41) is 6.80. The van der Waals surface area contributed by atoms with Crippen LogP contribution in [-0.2, 0) is 0 Å². The molecule has 13 rings (SSSR count). The third kappa shape index (κ3) is 4.67. The Kier molecular flexibility index (Phi) is 6.78. The number of hydrogen-bond donors (Lipinski definition) is 0. The molecule has 59 heavy (non-hydrogen) atoms. The van der Waals surface area contributed by atoms with Gasteiger partial charge in [0, 0.05) is 55.5 Å². The summed E-state index contributed by atoms with van der Waals surface area (Å²) in [6, 6.07) is 64.6. The molecule has 0 fully saturated rings. The van der Waals surface area contributed by atoms with E-state index in [9.17, 15) is 0 Å². The van der Waals surface area contributed by atoms with Gasteiger partial charge in [-0.2, -0.15) is 0 Å². The zero-order valence-electron chi connectivity index (χ0n) is 31.8. The van der Waals surface area contributed by atoms with Crippen molar-refractivity contribution in [1.29, 1.82) is 0 Å². The van der Waals surface area contributed by atoms with Crippen LogP contribution < -0.4 is 4.90 Å². The molecule has 0 saturated heterocycles. The summed E-state index contributed by atoms with van der Waals surface area (Å²) in [5.41, 5.74) is 13.9. The van der Waals surface area contributed by atoms with Crippen molar-refractivity contribution in [3.8, 4) is 28.3 Å². The van der Waals surface area contributed by atoms with Gasteiger partial charge in [-0.3, -0.25) is 4.57 Å². The van der Waals surface area contributed by atoms with Crippen molar-refractivity contribution in [1.82, 2.24) is 14.5 Å². The molecular weight excluding hydrogens is 721 g/mol. The number of para-hydroxylation sites is 2. The van der Waals surface area contributed by atoms with E-state index in [1.54, 1.807) is 0 Å². The highest BCUT2D eigenvalue weighted by Crippen LogP contribution is 2.59. The van der Waals surface area contributed by atoms with E-state index in [1.807, 2.05) is 0 Å². The van der Waals surface area contributed by atoms with E-state index in [1.165, 1.54) is 33.0 Å². The van der Waals surface area contributed by atoms with E-state index < -0.39 is 0 Å². The maximum Gasteiger partial charge on any atom is 0.235 e. The van der Waals surface area contributed by atoms with Crippen molar-refractivity contribution in [2.45, 2.75) is 12.0 Å². The maximum absolute atomic E-state index is 6.84. The molecule has 0 N–H and O–H groups in total. The monoisotopic (exact) mass is 754 g/mol. The van der Waals surface area contributed by atoms with E-state index in [0.717, 1.165) is 72.1 Å². The van der Waals surface area contributed by atoms with Crippen molar-refractivity contribution in [2.75, 3.05) is 4.90 Å². The summed E-state index contributed by atoms with van der Waals surface area (Å²) >= 11 is 0. The molecule has 0 spiro atoms. The first-order valence-corrected chi connectivity index (χ1v) is 20.2.